The molecule has 3 aliphatic rings. The highest BCUT2D eigenvalue weighted by molar-refractivity contribution is 4.69. The van der Waals surface area contributed by atoms with Crippen molar-refractivity contribution in [3.8, 4) is 0 Å². The minimum atomic E-state index is 0.974. The molecular formula is C15H32N4. The molecule has 0 amide bonds. The Kier molecular flexibility index (Phi) is 7.78. The van der Waals surface area contributed by atoms with E-state index in [0.717, 1.165) is 12.5 Å². The first-order chi connectivity index (χ1) is 9.45. The van der Waals surface area contributed by atoms with Crippen LogP contribution in [-0.2, 0) is 0 Å². The summed E-state index contributed by atoms with van der Waals surface area (Å²) in [6, 6.07) is 0. The van der Waals surface area contributed by atoms with E-state index in [9.17, 15) is 0 Å². The van der Waals surface area contributed by atoms with Crippen molar-refractivity contribution in [2.45, 2.75) is 70.6 Å². The van der Waals surface area contributed by atoms with Crippen LogP contribution in [0.25, 0.3) is 0 Å². The molecule has 3 N–H and O–H groups in total. The number of nitrogens with zero attached hydrogens (tertiary/aromatic N) is 1. The summed E-state index contributed by atoms with van der Waals surface area (Å²) in [6.45, 7) is 3.42. The largest absolute Gasteiger partial charge is 0.243 e. The highest BCUT2D eigenvalue weighted by atomic mass is 15.8. The van der Waals surface area contributed by atoms with Crippen molar-refractivity contribution >= 4 is 0 Å². The Bertz CT molecular complexity index is 187. The fourth-order valence-electron chi connectivity index (χ4n) is 3.22. The molecule has 3 fully saturated rings. The fraction of sp³-hybridized carbons (Fsp3) is 1.00. The molecule has 0 saturated carbocycles. The Balaban J connectivity index is 1.67. The standard InChI is InChI=1S/C15H32N4/c1-2-4-6-8-12-16-17-18-19-13-10-15(11-14-19)9-7-5-3-1/h15-18H,1-14H2. The number of hydrogen-bond acceptors (Lipinski definition) is 4. The van der Waals surface area contributed by atoms with Gasteiger partial charge in [-0.1, -0.05) is 51.4 Å². The second-order valence-corrected chi connectivity index (χ2v) is 6.21. The lowest BCUT2D eigenvalue weighted by molar-refractivity contribution is 0.0850. The van der Waals surface area contributed by atoms with Gasteiger partial charge in [0, 0.05) is 19.6 Å². The molecular weight excluding hydrogens is 236 g/mol. The van der Waals surface area contributed by atoms with Gasteiger partial charge in [0.25, 0.3) is 0 Å². The van der Waals surface area contributed by atoms with Gasteiger partial charge in [-0.15, -0.1) is 0 Å². The van der Waals surface area contributed by atoms with Crippen LogP contribution in [0, 0.1) is 5.92 Å². The molecule has 4 heteroatoms. The molecule has 0 aromatic rings. The Morgan fingerprint density at radius 2 is 1.32 bits per heavy atom. The Labute approximate surface area is 118 Å². The third kappa shape index (κ3) is 6.70. The van der Waals surface area contributed by atoms with Gasteiger partial charge >= 0.3 is 0 Å². The second kappa shape index (κ2) is 9.70. The summed E-state index contributed by atoms with van der Waals surface area (Å²) in [6.07, 6.45) is 15.5. The zero-order valence-electron chi connectivity index (χ0n) is 12.4. The van der Waals surface area contributed by atoms with Crippen LogP contribution in [0.2, 0.25) is 0 Å². The maximum Gasteiger partial charge on any atom is 0.0147 e. The van der Waals surface area contributed by atoms with Crippen LogP contribution in [0.3, 0.4) is 0 Å². The molecule has 3 aliphatic heterocycles. The summed E-state index contributed by atoms with van der Waals surface area (Å²) in [4.78, 5) is 0. The summed E-state index contributed by atoms with van der Waals surface area (Å²) in [7, 11) is 0. The topological polar surface area (TPSA) is 39.3 Å². The van der Waals surface area contributed by atoms with E-state index in [-0.39, 0.29) is 0 Å². The molecule has 0 unspecified atom stereocenters. The van der Waals surface area contributed by atoms with E-state index in [0.29, 0.717) is 0 Å². The maximum atomic E-state index is 3.27. The fourth-order valence-corrected chi connectivity index (χ4v) is 3.22. The summed E-state index contributed by atoms with van der Waals surface area (Å²) in [5.74, 6) is 0.974. The van der Waals surface area contributed by atoms with Crippen LogP contribution in [0.1, 0.15) is 70.6 Å². The summed E-state index contributed by atoms with van der Waals surface area (Å²) in [5.41, 5.74) is 9.66. The predicted octanol–water partition coefficient (Wildman–Crippen LogP) is 2.74. The third-order valence-electron chi connectivity index (χ3n) is 4.58. The third-order valence-corrected chi connectivity index (χ3v) is 4.58. The van der Waals surface area contributed by atoms with Crippen LogP contribution < -0.4 is 16.5 Å². The van der Waals surface area contributed by atoms with Crippen molar-refractivity contribution in [1.29, 1.82) is 0 Å². The van der Waals surface area contributed by atoms with Gasteiger partial charge in [-0.2, -0.15) is 11.1 Å². The lowest BCUT2D eigenvalue weighted by Crippen LogP contribution is -2.55. The lowest BCUT2D eigenvalue weighted by Gasteiger charge is -2.32. The quantitative estimate of drug-likeness (QED) is 0.632. The van der Waals surface area contributed by atoms with E-state index in [2.05, 4.69) is 21.5 Å². The highest BCUT2D eigenvalue weighted by Gasteiger charge is 2.18. The first-order valence-corrected chi connectivity index (χ1v) is 8.43. The SMILES string of the molecule is C1CCCCCC2CCN(CC2)NNNCCCC1. The van der Waals surface area contributed by atoms with Gasteiger partial charge in [0.15, 0.2) is 0 Å². The van der Waals surface area contributed by atoms with E-state index < -0.39 is 0 Å². The van der Waals surface area contributed by atoms with Crippen LogP contribution in [-0.4, -0.2) is 24.6 Å². The average Bonchev–Trinajstić information content (AvgIpc) is 2.45. The first-order valence-electron chi connectivity index (χ1n) is 8.43. The van der Waals surface area contributed by atoms with Crippen molar-refractivity contribution < 1.29 is 0 Å². The van der Waals surface area contributed by atoms with Gasteiger partial charge in [-0.25, -0.2) is 10.4 Å². The van der Waals surface area contributed by atoms with Crippen molar-refractivity contribution in [2.75, 3.05) is 19.6 Å². The normalized spacial score (nSPS) is 32.8. The smallest absolute Gasteiger partial charge is 0.0147 e. The van der Waals surface area contributed by atoms with Crippen molar-refractivity contribution in [3.63, 3.8) is 0 Å². The highest BCUT2D eigenvalue weighted by Crippen LogP contribution is 2.22. The molecule has 0 atom stereocenters. The number of rotatable bonds is 0. The van der Waals surface area contributed by atoms with Gasteiger partial charge in [0.1, 0.15) is 0 Å². The van der Waals surface area contributed by atoms with E-state index in [1.807, 2.05) is 0 Å². The second-order valence-electron chi connectivity index (χ2n) is 6.21. The van der Waals surface area contributed by atoms with E-state index >= 15 is 0 Å². The number of piperidine rings is 1. The Morgan fingerprint density at radius 1 is 0.684 bits per heavy atom. The molecule has 3 rings (SSSR count). The van der Waals surface area contributed by atoms with Crippen LogP contribution in [0.15, 0.2) is 0 Å². The molecule has 0 aromatic heterocycles. The van der Waals surface area contributed by atoms with Gasteiger partial charge in [-0.3, -0.25) is 0 Å². The molecule has 3 saturated heterocycles. The van der Waals surface area contributed by atoms with Crippen LogP contribution in [0.4, 0.5) is 0 Å². The molecule has 112 valence electrons. The summed E-state index contributed by atoms with van der Waals surface area (Å²) < 4.78 is 0. The molecule has 0 spiro atoms. The molecule has 19 heavy (non-hydrogen) atoms. The minimum absolute atomic E-state index is 0.974. The van der Waals surface area contributed by atoms with Gasteiger partial charge < -0.3 is 0 Å². The number of hydrazine groups is 3. The van der Waals surface area contributed by atoms with Crippen molar-refractivity contribution in [3.05, 3.63) is 0 Å². The molecule has 0 aromatic carbocycles. The first kappa shape index (κ1) is 15.2. The Hall–Kier alpha value is -0.160. The van der Waals surface area contributed by atoms with Gasteiger partial charge in [0.2, 0.25) is 0 Å². The lowest BCUT2D eigenvalue weighted by atomic mass is 9.91. The van der Waals surface area contributed by atoms with E-state index in [4.69, 9.17) is 0 Å². The Morgan fingerprint density at radius 3 is 2.05 bits per heavy atom. The number of fused-ring (bicyclic) bond motifs is 14. The van der Waals surface area contributed by atoms with Crippen molar-refractivity contribution in [2.24, 2.45) is 5.92 Å². The predicted molar refractivity (Wildman–Crippen MR) is 80.1 cm³/mol. The minimum Gasteiger partial charge on any atom is -0.243 e. The van der Waals surface area contributed by atoms with Crippen LogP contribution in [0.5, 0.6) is 0 Å². The summed E-state index contributed by atoms with van der Waals surface area (Å²) >= 11 is 0. The molecule has 4 nitrogen and oxygen atoms in total. The zero-order valence-corrected chi connectivity index (χ0v) is 12.4. The average molecular weight is 268 g/mol. The van der Waals surface area contributed by atoms with Gasteiger partial charge in [0.05, 0.1) is 0 Å². The molecule has 2 bridgehead atoms. The van der Waals surface area contributed by atoms with E-state index in [1.165, 1.54) is 83.7 Å². The zero-order chi connectivity index (χ0) is 13.2. The molecule has 0 radical (unpaired) electrons. The van der Waals surface area contributed by atoms with Crippen molar-refractivity contribution in [1.82, 2.24) is 21.5 Å². The number of nitrogens with one attached hydrogen (secondary N) is 3. The summed E-state index contributed by atoms with van der Waals surface area (Å²) in [5, 5.41) is 2.31. The number of hydrogen-bond donors (Lipinski definition) is 3. The molecule has 3 heterocycles. The van der Waals surface area contributed by atoms with Gasteiger partial charge in [-0.05, 0) is 25.2 Å². The monoisotopic (exact) mass is 268 g/mol. The molecule has 0 aliphatic carbocycles. The maximum absolute atomic E-state index is 3.27. The van der Waals surface area contributed by atoms with Crippen LogP contribution >= 0.6 is 0 Å². The van der Waals surface area contributed by atoms with E-state index in [1.54, 1.807) is 0 Å².